The molecule has 0 saturated carbocycles. The molecule has 1 aromatic heterocycles. The summed E-state index contributed by atoms with van der Waals surface area (Å²) in [6, 6.07) is 14.6. The SMILES string of the molecule is N#CC(c1cccnc1)N1CCN(C(=O)C(O)c2ccccc2)CC1. The Morgan fingerprint density at radius 1 is 1.08 bits per heavy atom. The van der Waals surface area contributed by atoms with Crippen LogP contribution in [0, 0.1) is 11.3 Å². The average molecular weight is 336 g/mol. The summed E-state index contributed by atoms with van der Waals surface area (Å²) in [4.78, 5) is 20.3. The lowest BCUT2D eigenvalue weighted by Gasteiger charge is -2.37. The van der Waals surface area contributed by atoms with Gasteiger partial charge in [-0.2, -0.15) is 5.26 Å². The molecule has 25 heavy (non-hydrogen) atoms. The summed E-state index contributed by atoms with van der Waals surface area (Å²) in [6.45, 7) is 2.14. The van der Waals surface area contributed by atoms with Crippen molar-refractivity contribution in [1.29, 1.82) is 5.26 Å². The van der Waals surface area contributed by atoms with Crippen LogP contribution in [0.3, 0.4) is 0 Å². The maximum absolute atomic E-state index is 12.5. The summed E-state index contributed by atoms with van der Waals surface area (Å²) in [5, 5.41) is 19.8. The van der Waals surface area contributed by atoms with Crippen LogP contribution in [-0.4, -0.2) is 52.0 Å². The second-order valence-corrected chi connectivity index (χ2v) is 5.99. The first-order valence-corrected chi connectivity index (χ1v) is 8.26. The van der Waals surface area contributed by atoms with Crippen LogP contribution < -0.4 is 0 Å². The second kappa shape index (κ2) is 7.88. The van der Waals surface area contributed by atoms with Crippen LogP contribution in [0.2, 0.25) is 0 Å². The third-order valence-electron chi connectivity index (χ3n) is 4.46. The Kier molecular flexibility index (Phi) is 5.39. The number of aliphatic hydroxyl groups excluding tert-OH is 1. The quantitative estimate of drug-likeness (QED) is 0.916. The van der Waals surface area contributed by atoms with Gasteiger partial charge >= 0.3 is 0 Å². The number of amides is 1. The van der Waals surface area contributed by atoms with E-state index in [1.165, 1.54) is 0 Å². The van der Waals surface area contributed by atoms with Crippen LogP contribution >= 0.6 is 0 Å². The molecule has 2 heterocycles. The van der Waals surface area contributed by atoms with E-state index < -0.39 is 6.10 Å². The fourth-order valence-corrected chi connectivity index (χ4v) is 3.06. The minimum Gasteiger partial charge on any atom is -0.378 e. The van der Waals surface area contributed by atoms with E-state index in [2.05, 4.69) is 11.1 Å². The molecule has 1 aliphatic heterocycles. The summed E-state index contributed by atoms with van der Waals surface area (Å²) < 4.78 is 0. The number of nitrogens with zero attached hydrogens (tertiary/aromatic N) is 4. The minimum atomic E-state index is -1.14. The molecule has 3 rings (SSSR count). The summed E-state index contributed by atoms with van der Waals surface area (Å²) in [5.74, 6) is -0.291. The van der Waals surface area contributed by atoms with Crippen molar-refractivity contribution in [2.45, 2.75) is 12.1 Å². The van der Waals surface area contributed by atoms with Gasteiger partial charge in [0.25, 0.3) is 5.91 Å². The van der Waals surface area contributed by atoms with E-state index in [0.29, 0.717) is 31.7 Å². The number of aliphatic hydroxyl groups is 1. The van der Waals surface area contributed by atoms with Gasteiger partial charge in [0.2, 0.25) is 0 Å². The summed E-state index contributed by atoms with van der Waals surface area (Å²) in [5.41, 5.74) is 1.45. The number of aromatic nitrogens is 1. The van der Waals surface area contributed by atoms with Crippen LogP contribution in [0.4, 0.5) is 0 Å². The molecule has 0 spiro atoms. The van der Waals surface area contributed by atoms with Gasteiger partial charge in [-0.25, -0.2) is 0 Å². The van der Waals surface area contributed by atoms with Crippen molar-refractivity contribution in [2.75, 3.05) is 26.2 Å². The molecule has 1 saturated heterocycles. The van der Waals surface area contributed by atoms with E-state index in [-0.39, 0.29) is 11.9 Å². The Labute approximate surface area is 146 Å². The highest BCUT2D eigenvalue weighted by atomic mass is 16.3. The maximum Gasteiger partial charge on any atom is 0.256 e. The first-order chi connectivity index (χ1) is 12.2. The molecule has 2 unspecified atom stereocenters. The Bertz CT molecular complexity index is 737. The third kappa shape index (κ3) is 3.85. The number of benzene rings is 1. The zero-order chi connectivity index (χ0) is 17.6. The number of carbonyl (C=O) groups excluding carboxylic acids is 1. The van der Waals surface area contributed by atoms with Crippen molar-refractivity contribution in [3.05, 3.63) is 66.0 Å². The predicted molar refractivity (Wildman–Crippen MR) is 92.1 cm³/mol. The summed E-state index contributed by atoms with van der Waals surface area (Å²) in [6.07, 6.45) is 2.24. The molecule has 0 bridgehead atoms. The topological polar surface area (TPSA) is 80.5 Å². The number of pyridine rings is 1. The van der Waals surface area contributed by atoms with Crippen molar-refractivity contribution in [1.82, 2.24) is 14.8 Å². The maximum atomic E-state index is 12.5. The standard InChI is InChI=1S/C19H20N4O2/c20-13-17(16-7-4-8-21-14-16)22-9-11-23(12-10-22)19(25)18(24)15-5-2-1-3-6-15/h1-8,14,17-18,24H,9-12H2. The lowest BCUT2D eigenvalue weighted by atomic mass is 10.1. The van der Waals surface area contributed by atoms with Crippen LogP contribution in [0.15, 0.2) is 54.9 Å². The molecular weight excluding hydrogens is 316 g/mol. The van der Waals surface area contributed by atoms with E-state index in [1.54, 1.807) is 41.6 Å². The van der Waals surface area contributed by atoms with Crippen LogP contribution in [-0.2, 0) is 4.79 Å². The van der Waals surface area contributed by atoms with Gasteiger partial charge < -0.3 is 10.0 Å². The van der Waals surface area contributed by atoms with E-state index in [4.69, 9.17) is 0 Å². The largest absolute Gasteiger partial charge is 0.378 e. The molecule has 6 nitrogen and oxygen atoms in total. The van der Waals surface area contributed by atoms with Gasteiger partial charge in [0, 0.05) is 44.1 Å². The van der Waals surface area contributed by atoms with Crippen molar-refractivity contribution in [3.63, 3.8) is 0 Å². The molecule has 0 radical (unpaired) electrons. The molecule has 2 atom stereocenters. The van der Waals surface area contributed by atoms with Gasteiger partial charge in [-0.15, -0.1) is 0 Å². The zero-order valence-corrected chi connectivity index (χ0v) is 13.8. The molecule has 128 valence electrons. The molecule has 1 aromatic carbocycles. The molecule has 1 aliphatic rings. The molecule has 2 aromatic rings. The average Bonchev–Trinajstić information content (AvgIpc) is 2.69. The van der Waals surface area contributed by atoms with E-state index in [9.17, 15) is 15.2 Å². The third-order valence-corrected chi connectivity index (χ3v) is 4.46. The zero-order valence-electron chi connectivity index (χ0n) is 13.8. The highest BCUT2D eigenvalue weighted by molar-refractivity contribution is 5.82. The van der Waals surface area contributed by atoms with Gasteiger partial charge in [0.05, 0.1) is 6.07 Å². The van der Waals surface area contributed by atoms with Crippen molar-refractivity contribution in [3.8, 4) is 6.07 Å². The molecule has 1 amide bonds. The van der Waals surface area contributed by atoms with E-state index in [0.717, 1.165) is 5.56 Å². The van der Waals surface area contributed by atoms with E-state index in [1.807, 2.05) is 23.1 Å². The van der Waals surface area contributed by atoms with Crippen LogP contribution in [0.5, 0.6) is 0 Å². The number of hydrogen-bond acceptors (Lipinski definition) is 5. The minimum absolute atomic E-state index is 0.291. The van der Waals surface area contributed by atoms with Crippen molar-refractivity contribution >= 4 is 5.91 Å². The fourth-order valence-electron chi connectivity index (χ4n) is 3.06. The van der Waals surface area contributed by atoms with Crippen LogP contribution in [0.25, 0.3) is 0 Å². The first kappa shape index (κ1) is 17.1. The molecule has 6 heteroatoms. The second-order valence-electron chi connectivity index (χ2n) is 5.99. The van der Waals surface area contributed by atoms with Gasteiger partial charge in [-0.05, 0) is 11.6 Å². The Balaban J connectivity index is 1.62. The van der Waals surface area contributed by atoms with Gasteiger partial charge in [0.1, 0.15) is 6.04 Å². The predicted octanol–water partition coefficient (Wildman–Crippen LogP) is 1.52. The lowest BCUT2D eigenvalue weighted by molar-refractivity contribution is -0.142. The fraction of sp³-hybridized carbons (Fsp3) is 0.316. The number of piperazine rings is 1. The van der Waals surface area contributed by atoms with Crippen molar-refractivity contribution in [2.24, 2.45) is 0 Å². The smallest absolute Gasteiger partial charge is 0.256 e. The first-order valence-electron chi connectivity index (χ1n) is 8.26. The van der Waals surface area contributed by atoms with Crippen LogP contribution in [0.1, 0.15) is 23.3 Å². The Morgan fingerprint density at radius 3 is 2.36 bits per heavy atom. The summed E-state index contributed by atoms with van der Waals surface area (Å²) in [7, 11) is 0. The van der Waals surface area contributed by atoms with E-state index >= 15 is 0 Å². The van der Waals surface area contributed by atoms with Gasteiger partial charge in [-0.3, -0.25) is 14.7 Å². The summed E-state index contributed by atoms with van der Waals surface area (Å²) >= 11 is 0. The highest BCUT2D eigenvalue weighted by Crippen LogP contribution is 2.22. The normalized spacial score (nSPS) is 17.5. The molecule has 1 fully saturated rings. The Morgan fingerprint density at radius 2 is 1.76 bits per heavy atom. The molecule has 0 aliphatic carbocycles. The van der Waals surface area contributed by atoms with Crippen molar-refractivity contribution < 1.29 is 9.90 Å². The Hall–Kier alpha value is -2.75. The van der Waals surface area contributed by atoms with Gasteiger partial charge in [0.15, 0.2) is 6.10 Å². The molecule has 1 N–H and O–H groups in total. The van der Waals surface area contributed by atoms with Gasteiger partial charge in [-0.1, -0.05) is 36.4 Å². The molecular formula is C19H20N4O2. The highest BCUT2D eigenvalue weighted by Gasteiger charge is 2.30. The number of nitriles is 1. The number of rotatable bonds is 4. The number of carbonyl (C=O) groups is 1. The lowest BCUT2D eigenvalue weighted by Crippen LogP contribution is -2.50. The monoisotopic (exact) mass is 336 g/mol. The number of hydrogen-bond donors (Lipinski definition) is 1.